The van der Waals surface area contributed by atoms with E-state index in [1.165, 1.54) is 7.85 Å². The lowest BCUT2D eigenvalue weighted by molar-refractivity contribution is -0.188. The van der Waals surface area contributed by atoms with Gasteiger partial charge in [-0.1, -0.05) is 0 Å². The third kappa shape index (κ3) is 2.39. The van der Waals surface area contributed by atoms with Gasteiger partial charge in [-0.3, -0.25) is 4.79 Å². The van der Waals surface area contributed by atoms with Gasteiger partial charge in [-0.15, -0.1) is 0 Å². The van der Waals surface area contributed by atoms with E-state index >= 15 is 0 Å². The molecule has 1 saturated heterocycles. The molecule has 0 saturated carbocycles. The molecule has 0 radical (unpaired) electrons. The predicted octanol–water partition coefficient (Wildman–Crippen LogP) is -0.936. The summed E-state index contributed by atoms with van der Waals surface area (Å²) in [6, 6.07) is -1.52. The molecule has 1 aliphatic rings. The Kier molecular flexibility index (Phi) is 4.03. The summed E-state index contributed by atoms with van der Waals surface area (Å²) in [5.74, 6) is -3.24. The molecule has 1 amide bonds. The number of ether oxygens (including phenoxy) is 1. The number of amides is 1. The summed E-state index contributed by atoms with van der Waals surface area (Å²) >= 11 is 0. The van der Waals surface area contributed by atoms with Gasteiger partial charge in [0.1, 0.15) is 20.1 Å². The van der Waals surface area contributed by atoms with Crippen LogP contribution in [0.1, 0.15) is 0 Å². The van der Waals surface area contributed by atoms with Gasteiger partial charge in [0, 0.05) is 13.1 Å². The summed E-state index contributed by atoms with van der Waals surface area (Å²) in [6.07, 6.45) is -8.10. The standard InChI is InChI=1S/C8H12BF4NO3/c1-17-5-4(10)3(2-15)14(6(5)9)7(16)8(11,12)13/h3-6,15H,2,9H2,1H3/t3-,4-,5-,6-/m1/s1. The Morgan fingerprint density at radius 1 is 1.53 bits per heavy atom. The zero-order valence-corrected chi connectivity index (χ0v) is 9.24. The first-order valence-electron chi connectivity index (χ1n) is 4.93. The summed E-state index contributed by atoms with van der Waals surface area (Å²) in [6.45, 7) is -0.882. The van der Waals surface area contributed by atoms with Crippen LogP contribution in [-0.4, -0.2) is 67.9 Å². The van der Waals surface area contributed by atoms with E-state index in [-0.39, 0.29) is 0 Å². The molecule has 0 spiro atoms. The fraction of sp³-hybridized carbons (Fsp3) is 0.875. The molecule has 98 valence electrons. The van der Waals surface area contributed by atoms with Gasteiger partial charge in [0.25, 0.3) is 0 Å². The number of hydrogen-bond donors (Lipinski definition) is 1. The van der Waals surface area contributed by atoms with Crippen LogP contribution in [-0.2, 0) is 9.53 Å². The van der Waals surface area contributed by atoms with Crippen molar-refractivity contribution in [1.29, 1.82) is 0 Å². The van der Waals surface area contributed by atoms with Crippen molar-refractivity contribution in [2.45, 2.75) is 30.4 Å². The van der Waals surface area contributed by atoms with E-state index in [1.54, 1.807) is 0 Å². The lowest BCUT2D eigenvalue weighted by atomic mass is 9.91. The monoisotopic (exact) mass is 257 g/mol. The molecule has 4 nitrogen and oxygen atoms in total. The molecule has 0 aliphatic carbocycles. The molecule has 4 atom stereocenters. The Balaban J connectivity index is 3.01. The van der Waals surface area contributed by atoms with Crippen LogP contribution in [0.4, 0.5) is 17.6 Å². The zero-order valence-electron chi connectivity index (χ0n) is 9.24. The molecule has 0 aromatic heterocycles. The summed E-state index contributed by atoms with van der Waals surface area (Å²) in [4.78, 5) is 11.4. The van der Waals surface area contributed by atoms with E-state index in [0.29, 0.717) is 4.90 Å². The lowest BCUT2D eigenvalue weighted by Crippen LogP contribution is -2.51. The van der Waals surface area contributed by atoms with Crippen LogP contribution >= 0.6 is 0 Å². The third-order valence-electron chi connectivity index (χ3n) is 2.89. The minimum absolute atomic E-state index is 0.304. The average molecular weight is 257 g/mol. The van der Waals surface area contributed by atoms with Gasteiger partial charge in [0.05, 0.1) is 12.6 Å². The van der Waals surface area contributed by atoms with Crippen molar-refractivity contribution in [3.8, 4) is 0 Å². The number of likely N-dealkylation sites (tertiary alicyclic amines) is 1. The number of hydrogen-bond acceptors (Lipinski definition) is 3. The first-order chi connectivity index (χ1) is 7.75. The zero-order chi connectivity index (χ0) is 13.4. The van der Waals surface area contributed by atoms with E-state index in [9.17, 15) is 22.4 Å². The second kappa shape index (κ2) is 4.81. The maximum absolute atomic E-state index is 13.7. The van der Waals surface area contributed by atoms with Crippen molar-refractivity contribution in [2.24, 2.45) is 0 Å². The molecular formula is C8H12BF4NO3. The van der Waals surface area contributed by atoms with Crippen molar-refractivity contribution < 1.29 is 32.2 Å². The number of carbonyl (C=O) groups is 1. The van der Waals surface area contributed by atoms with Crippen LogP contribution in [0.5, 0.6) is 0 Å². The molecule has 1 heterocycles. The molecule has 9 heteroatoms. The van der Waals surface area contributed by atoms with Crippen molar-refractivity contribution in [3.05, 3.63) is 0 Å². The molecule has 0 aromatic carbocycles. The molecule has 0 aromatic rings. The smallest absolute Gasteiger partial charge is 0.394 e. The first-order valence-corrected chi connectivity index (χ1v) is 4.93. The number of nitrogens with zero attached hydrogens (tertiary/aromatic N) is 1. The number of alkyl halides is 4. The van der Waals surface area contributed by atoms with Crippen molar-refractivity contribution in [2.75, 3.05) is 13.7 Å². The topological polar surface area (TPSA) is 49.8 Å². The number of carbonyl (C=O) groups excluding carboxylic acids is 1. The Morgan fingerprint density at radius 3 is 2.41 bits per heavy atom. The van der Waals surface area contributed by atoms with E-state index in [1.807, 2.05) is 0 Å². The molecule has 0 bridgehead atoms. The highest BCUT2D eigenvalue weighted by Gasteiger charge is 2.55. The average Bonchev–Trinajstić information content (AvgIpc) is 2.47. The lowest BCUT2D eigenvalue weighted by Gasteiger charge is -2.28. The van der Waals surface area contributed by atoms with Gasteiger partial charge < -0.3 is 14.7 Å². The summed E-state index contributed by atoms with van der Waals surface area (Å²) < 4.78 is 55.3. The van der Waals surface area contributed by atoms with E-state index in [2.05, 4.69) is 0 Å². The molecule has 1 N–H and O–H groups in total. The van der Waals surface area contributed by atoms with Gasteiger partial charge in [-0.25, -0.2) is 4.39 Å². The van der Waals surface area contributed by atoms with Gasteiger partial charge in [-0.05, 0) is 0 Å². The fourth-order valence-corrected chi connectivity index (χ4v) is 2.10. The normalized spacial score (nSPS) is 34.1. The molecule has 0 unspecified atom stereocenters. The Hall–Kier alpha value is -0.825. The number of halogens is 4. The van der Waals surface area contributed by atoms with Crippen LogP contribution in [0.3, 0.4) is 0 Å². The second-order valence-electron chi connectivity index (χ2n) is 3.85. The number of aliphatic hydroxyl groups excluding tert-OH is 1. The molecule has 1 fully saturated rings. The van der Waals surface area contributed by atoms with E-state index in [0.717, 1.165) is 7.11 Å². The number of methoxy groups -OCH3 is 1. The summed E-state index contributed by atoms with van der Waals surface area (Å²) in [5, 5.41) is 8.90. The maximum atomic E-state index is 13.7. The van der Waals surface area contributed by atoms with Crippen molar-refractivity contribution >= 4 is 13.8 Å². The van der Waals surface area contributed by atoms with Gasteiger partial charge in [0.2, 0.25) is 0 Å². The number of aliphatic hydroxyl groups is 1. The van der Waals surface area contributed by atoms with Crippen LogP contribution in [0, 0.1) is 0 Å². The van der Waals surface area contributed by atoms with E-state index < -0.39 is 42.9 Å². The van der Waals surface area contributed by atoms with Crippen LogP contribution in [0.15, 0.2) is 0 Å². The maximum Gasteiger partial charge on any atom is 0.471 e. The minimum Gasteiger partial charge on any atom is -0.394 e. The van der Waals surface area contributed by atoms with Crippen molar-refractivity contribution in [1.82, 2.24) is 4.90 Å². The molecule has 17 heavy (non-hydrogen) atoms. The van der Waals surface area contributed by atoms with Crippen molar-refractivity contribution in [3.63, 3.8) is 0 Å². The predicted molar refractivity (Wildman–Crippen MR) is 51.8 cm³/mol. The summed E-state index contributed by atoms with van der Waals surface area (Å²) in [7, 11) is 2.39. The first kappa shape index (κ1) is 14.2. The Labute approximate surface area is 95.9 Å². The Morgan fingerprint density at radius 2 is 2.06 bits per heavy atom. The second-order valence-corrected chi connectivity index (χ2v) is 3.85. The van der Waals surface area contributed by atoms with Gasteiger partial charge in [0.15, 0.2) is 0 Å². The summed E-state index contributed by atoms with van der Waals surface area (Å²) in [5.41, 5.74) is 0. The van der Waals surface area contributed by atoms with Gasteiger partial charge in [-0.2, -0.15) is 13.2 Å². The fourth-order valence-electron chi connectivity index (χ4n) is 2.10. The Bertz CT molecular complexity index is 301. The molecular weight excluding hydrogens is 245 g/mol. The number of rotatable bonds is 2. The van der Waals surface area contributed by atoms with Crippen LogP contribution in [0.2, 0.25) is 0 Å². The van der Waals surface area contributed by atoms with Crippen LogP contribution < -0.4 is 0 Å². The van der Waals surface area contributed by atoms with Crippen LogP contribution in [0.25, 0.3) is 0 Å². The van der Waals surface area contributed by atoms with Gasteiger partial charge >= 0.3 is 12.1 Å². The SMILES string of the molecule is B[C@H]1[C@H](OC)[C@H](F)[C@@H](CO)N1C(=O)C(F)(F)F. The quantitative estimate of drug-likeness (QED) is 0.513. The minimum atomic E-state index is -5.09. The van der Waals surface area contributed by atoms with E-state index in [4.69, 9.17) is 9.84 Å². The third-order valence-corrected chi connectivity index (χ3v) is 2.89. The largest absolute Gasteiger partial charge is 0.471 e. The molecule has 1 rings (SSSR count). The highest BCUT2D eigenvalue weighted by atomic mass is 19.4. The highest BCUT2D eigenvalue weighted by Crippen LogP contribution is 2.32. The molecule has 1 aliphatic heterocycles. The highest BCUT2D eigenvalue weighted by molar-refractivity contribution is 6.14.